The van der Waals surface area contributed by atoms with Gasteiger partial charge in [0.05, 0.1) is 10.4 Å². The molecule has 94 valence electrons. The van der Waals surface area contributed by atoms with Crippen LogP contribution in [0.3, 0.4) is 0 Å². The Balaban J connectivity index is 2.22. The number of rotatable bonds is 3. The zero-order valence-corrected chi connectivity index (χ0v) is 9.85. The van der Waals surface area contributed by atoms with E-state index in [2.05, 4.69) is 10.4 Å². The van der Waals surface area contributed by atoms with Crippen LogP contribution in [-0.4, -0.2) is 14.6 Å². The van der Waals surface area contributed by atoms with Gasteiger partial charge in [0, 0.05) is 17.8 Å². The number of nitrogens with zero attached hydrogens (tertiary/aromatic N) is 3. The van der Waals surface area contributed by atoms with E-state index in [-0.39, 0.29) is 5.69 Å². The number of benzene rings is 1. The molecule has 1 N–H and O–H groups in total. The Morgan fingerprint density at radius 1 is 1.16 bits per heavy atom. The lowest BCUT2D eigenvalue weighted by molar-refractivity contribution is -0.384. The van der Waals surface area contributed by atoms with E-state index in [1.807, 2.05) is 30.3 Å². The van der Waals surface area contributed by atoms with E-state index >= 15 is 0 Å². The van der Waals surface area contributed by atoms with Gasteiger partial charge in [-0.2, -0.15) is 0 Å². The Morgan fingerprint density at radius 2 is 1.89 bits per heavy atom. The lowest BCUT2D eigenvalue weighted by atomic mass is 10.2. The van der Waals surface area contributed by atoms with Crippen LogP contribution in [0.1, 0.15) is 0 Å². The highest BCUT2D eigenvalue weighted by atomic mass is 16.6. The lowest BCUT2D eigenvalue weighted by Gasteiger charge is -2.10. The topological polar surface area (TPSA) is 73.0 Å². The second-order valence-electron chi connectivity index (χ2n) is 3.99. The van der Waals surface area contributed by atoms with Gasteiger partial charge in [-0.15, -0.1) is 0 Å². The lowest BCUT2D eigenvalue weighted by Crippen LogP contribution is -2.09. The SMILES string of the molecule is O=[N+]([O-])c1cnc2ccccc2c1Nn1cccc1. The highest BCUT2D eigenvalue weighted by Gasteiger charge is 2.17. The predicted molar refractivity (Wildman–Crippen MR) is 71.9 cm³/mol. The molecule has 0 aliphatic carbocycles. The van der Waals surface area contributed by atoms with E-state index < -0.39 is 4.92 Å². The summed E-state index contributed by atoms with van der Waals surface area (Å²) in [5.74, 6) is 0. The minimum Gasteiger partial charge on any atom is -0.288 e. The van der Waals surface area contributed by atoms with Gasteiger partial charge < -0.3 is 0 Å². The highest BCUT2D eigenvalue weighted by molar-refractivity contribution is 5.95. The molecule has 2 aromatic heterocycles. The molecule has 0 saturated carbocycles. The number of pyridine rings is 1. The maximum atomic E-state index is 11.1. The first-order valence-electron chi connectivity index (χ1n) is 5.68. The van der Waals surface area contributed by atoms with Crippen molar-refractivity contribution in [3.63, 3.8) is 0 Å². The molecule has 0 aliphatic rings. The van der Waals surface area contributed by atoms with Gasteiger partial charge in [-0.25, -0.2) is 4.98 Å². The fourth-order valence-electron chi connectivity index (χ4n) is 1.92. The monoisotopic (exact) mass is 254 g/mol. The molecule has 0 amide bonds. The van der Waals surface area contributed by atoms with Gasteiger partial charge >= 0.3 is 5.69 Å². The third kappa shape index (κ3) is 1.99. The minimum absolute atomic E-state index is 0.0487. The van der Waals surface area contributed by atoms with Gasteiger partial charge in [0.2, 0.25) is 0 Å². The quantitative estimate of drug-likeness (QED) is 0.576. The third-order valence-corrected chi connectivity index (χ3v) is 2.80. The Hall–Kier alpha value is -2.89. The molecule has 1 aromatic carbocycles. The van der Waals surface area contributed by atoms with Gasteiger partial charge in [-0.3, -0.25) is 20.2 Å². The number of aromatic nitrogens is 2. The molecule has 6 heteroatoms. The summed E-state index contributed by atoms with van der Waals surface area (Å²) in [5.41, 5.74) is 4.11. The van der Waals surface area contributed by atoms with E-state index in [1.54, 1.807) is 23.1 Å². The summed E-state index contributed by atoms with van der Waals surface area (Å²) < 4.78 is 1.66. The highest BCUT2D eigenvalue weighted by Crippen LogP contribution is 2.31. The number of para-hydroxylation sites is 1. The fourth-order valence-corrected chi connectivity index (χ4v) is 1.92. The summed E-state index contributed by atoms with van der Waals surface area (Å²) in [6, 6.07) is 11.0. The largest absolute Gasteiger partial charge is 0.312 e. The van der Waals surface area contributed by atoms with Gasteiger partial charge in [0.15, 0.2) is 0 Å². The summed E-state index contributed by atoms with van der Waals surface area (Å²) in [5, 5.41) is 11.8. The van der Waals surface area contributed by atoms with Crippen molar-refractivity contribution >= 4 is 22.3 Å². The molecule has 6 nitrogen and oxygen atoms in total. The van der Waals surface area contributed by atoms with Crippen LogP contribution in [0.15, 0.2) is 55.0 Å². The van der Waals surface area contributed by atoms with E-state index in [1.165, 1.54) is 6.20 Å². The normalized spacial score (nSPS) is 10.5. The third-order valence-electron chi connectivity index (χ3n) is 2.80. The molecule has 0 spiro atoms. The number of nitrogens with one attached hydrogen (secondary N) is 1. The van der Waals surface area contributed by atoms with E-state index in [0.717, 1.165) is 0 Å². The maximum absolute atomic E-state index is 11.1. The first-order chi connectivity index (χ1) is 9.25. The van der Waals surface area contributed by atoms with E-state index in [4.69, 9.17) is 0 Å². The summed E-state index contributed by atoms with van der Waals surface area (Å²) in [6.07, 6.45) is 4.83. The van der Waals surface area contributed by atoms with E-state index in [9.17, 15) is 10.1 Å². The molecule has 0 fully saturated rings. The molecule has 0 radical (unpaired) electrons. The Kier molecular flexibility index (Phi) is 2.60. The van der Waals surface area contributed by atoms with Crippen molar-refractivity contribution < 1.29 is 4.92 Å². The van der Waals surface area contributed by atoms with Crippen LogP contribution in [0, 0.1) is 10.1 Å². The van der Waals surface area contributed by atoms with Crippen LogP contribution in [0.25, 0.3) is 10.9 Å². The summed E-state index contributed by atoms with van der Waals surface area (Å²) in [6.45, 7) is 0. The zero-order chi connectivity index (χ0) is 13.2. The Bertz CT molecular complexity index is 737. The second kappa shape index (κ2) is 4.41. The molecule has 0 atom stereocenters. The van der Waals surface area contributed by atoms with Gasteiger partial charge in [0.25, 0.3) is 0 Å². The number of hydrogen-bond donors (Lipinski definition) is 1. The zero-order valence-electron chi connectivity index (χ0n) is 9.85. The van der Waals surface area contributed by atoms with Crippen molar-refractivity contribution in [2.45, 2.75) is 0 Å². The first kappa shape index (κ1) is 11.2. The number of fused-ring (bicyclic) bond motifs is 1. The smallest absolute Gasteiger partial charge is 0.288 e. The second-order valence-corrected chi connectivity index (χ2v) is 3.99. The van der Waals surface area contributed by atoms with Crippen molar-refractivity contribution in [1.29, 1.82) is 0 Å². The molecule has 3 aromatic rings. The minimum atomic E-state index is -0.439. The molecule has 0 unspecified atom stereocenters. The van der Waals surface area contributed by atoms with Gasteiger partial charge in [-0.05, 0) is 18.2 Å². The molecule has 3 rings (SSSR count). The summed E-state index contributed by atoms with van der Waals surface area (Å²) >= 11 is 0. The summed E-state index contributed by atoms with van der Waals surface area (Å²) in [4.78, 5) is 14.8. The number of nitro groups is 1. The van der Waals surface area contributed by atoms with Crippen LogP contribution in [0.2, 0.25) is 0 Å². The van der Waals surface area contributed by atoms with Gasteiger partial charge in [0.1, 0.15) is 11.9 Å². The molecular weight excluding hydrogens is 244 g/mol. The standard InChI is InChI=1S/C13H10N4O2/c18-17(19)12-9-14-11-6-2-1-5-10(11)13(12)15-16-7-3-4-8-16/h1-9H,(H,14,15). The van der Waals surface area contributed by atoms with Gasteiger partial charge in [-0.1, -0.05) is 18.2 Å². The summed E-state index contributed by atoms with van der Waals surface area (Å²) in [7, 11) is 0. The fraction of sp³-hybridized carbons (Fsp3) is 0. The average molecular weight is 254 g/mol. The maximum Gasteiger partial charge on any atom is 0.312 e. The average Bonchev–Trinajstić information content (AvgIpc) is 2.92. The van der Waals surface area contributed by atoms with Crippen LogP contribution < -0.4 is 5.43 Å². The number of anilines is 1. The van der Waals surface area contributed by atoms with Crippen molar-refractivity contribution in [3.8, 4) is 0 Å². The van der Waals surface area contributed by atoms with Crippen molar-refractivity contribution in [2.24, 2.45) is 0 Å². The molecular formula is C13H10N4O2. The molecule has 0 bridgehead atoms. The van der Waals surface area contributed by atoms with Crippen molar-refractivity contribution in [3.05, 3.63) is 65.1 Å². The van der Waals surface area contributed by atoms with Crippen molar-refractivity contribution in [1.82, 2.24) is 9.66 Å². The Labute approximate surface area is 108 Å². The Morgan fingerprint density at radius 3 is 2.63 bits per heavy atom. The predicted octanol–water partition coefficient (Wildman–Crippen LogP) is 2.82. The van der Waals surface area contributed by atoms with Crippen molar-refractivity contribution in [2.75, 3.05) is 5.43 Å². The van der Waals surface area contributed by atoms with E-state index in [0.29, 0.717) is 16.6 Å². The molecule has 0 aliphatic heterocycles. The first-order valence-corrected chi connectivity index (χ1v) is 5.68. The molecule has 0 saturated heterocycles. The van der Waals surface area contributed by atoms with Crippen LogP contribution in [0.5, 0.6) is 0 Å². The van der Waals surface area contributed by atoms with Crippen LogP contribution >= 0.6 is 0 Å². The van der Waals surface area contributed by atoms with Crippen LogP contribution in [-0.2, 0) is 0 Å². The van der Waals surface area contributed by atoms with Crippen LogP contribution in [0.4, 0.5) is 11.4 Å². The number of hydrogen-bond acceptors (Lipinski definition) is 4. The molecule has 19 heavy (non-hydrogen) atoms. The molecule has 2 heterocycles.